The molecule has 4 rings (SSSR count). The number of nitrogens with one attached hydrogen (secondary N) is 2. The van der Waals surface area contributed by atoms with Crippen LogP contribution >= 0.6 is 0 Å². The Hall–Kier alpha value is -2.61. The molecule has 33 heavy (non-hydrogen) atoms. The fourth-order valence-corrected chi connectivity index (χ4v) is 4.28. The van der Waals surface area contributed by atoms with E-state index in [-0.39, 0.29) is 17.6 Å². The first-order valence-corrected chi connectivity index (χ1v) is 11.8. The summed E-state index contributed by atoms with van der Waals surface area (Å²) in [6.45, 7) is 7.07. The highest BCUT2D eigenvalue weighted by molar-refractivity contribution is 5.65. The molecule has 2 aliphatic rings. The van der Waals surface area contributed by atoms with E-state index >= 15 is 0 Å². The number of anilines is 1. The molecule has 5 nitrogen and oxygen atoms in total. The molecule has 0 aliphatic heterocycles. The Morgan fingerprint density at radius 3 is 2.64 bits per heavy atom. The van der Waals surface area contributed by atoms with Crippen LogP contribution in [0.3, 0.4) is 0 Å². The first-order chi connectivity index (χ1) is 15.9. The summed E-state index contributed by atoms with van der Waals surface area (Å²) < 4.78 is 41.0. The van der Waals surface area contributed by atoms with Gasteiger partial charge in [-0.1, -0.05) is 37.4 Å². The van der Waals surface area contributed by atoms with Gasteiger partial charge in [0.1, 0.15) is 0 Å². The number of aryl methyl sites for hydroxylation is 1. The van der Waals surface area contributed by atoms with Crippen molar-refractivity contribution in [2.75, 3.05) is 11.9 Å². The number of halogens is 3. The molecule has 1 aromatic carbocycles. The highest BCUT2D eigenvalue weighted by Crippen LogP contribution is 2.38. The predicted octanol–water partition coefficient (Wildman–Crippen LogP) is 6.42. The van der Waals surface area contributed by atoms with E-state index in [0.717, 1.165) is 75.2 Å². The maximum absolute atomic E-state index is 13.7. The molecular formula is C25H31F3N5-. The van der Waals surface area contributed by atoms with Crippen molar-refractivity contribution in [1.82, 2.24) is 15.3 Å². The van der Waals surface area contributed by atoms with Crippen LogP contribution in [-0.4, -0.2) is 22.7 Å². The van der Waals surface area contributed by atoms with Crippen LogP contribution in [-0.2, 0) is 19.0 Å². The summed E-state index contributed by atoms with van der Waals surface area (Å²) in [4.78, 5) is 9.18. The summed E-state index contributed by atoms with van der Waals surface area (Å²) in [5, 5.41) is 11.4. The van der Waals surface area contributed by atoms with Crippen LogP contribution in [0.15, 0.2) is 36.7 Å². The van der Waals surface area contributed by atoms with E-state index in [0.29, 0.717) is 17.6 Å². The lowest BCUT2D eigenvalue weighted by atomic mass is 10.0. The van der Waals surface area contributed by atoms with Crippen molar-refractivity contribution >= 4 is 5.82 Å². The zero-order valence-electron chi connectivity index (χ0n) is 19.0. The molecule has 0 radical (unpaired) electrons. The lowest BCUT2D eigenvalue weighted by Crippen LogP contribution is -2.31. The van der Waals surface area contributed by atoms with Crippen LogP contribution in [0.25, 0.3) is 16.7 Å². The van der Waals surface area contributed by atoms with E-state index in [1.807, 2.05) is 0 Å². The van der Waals surface area contributed by atoms with Gasteiger partial charge in [-0.2, -0.15) is 13.2 Å². The van der Waals surface area contributed by atoms with Crippen molar-refractivity contribution in [1.29, 1.82) is 0 Å². The molecule has 8 heteroatoms. The summed E-state index contributed by atoms with van der Waals surface area (Å²) in [5.41, 5.74) is 1.03. The summed E-state index contributed by atoms with van der Waals surface area (Å²) in [7, 11) is 0. The Morgan fingerprint density at radius 1 is 1.15 bits per heavy atom. The number of rotatable bonds is 9. The lowest BCUT2D eigenvalue weighted by molar-refractivity contribution is -0.137. The molecular weight excluding hydrogens is 427 g/mol. The molecule has 0 amide bonds. The van der Waals surface area contributed by atoms with Gasteiger partial charge in [0.15, 0.2) is 5.82 Å². The molecule has 1 fully saturated rings. The Balaban J connectivity index is 1.66. The third kappa shape index (κ3) is 5.85. The molecule has 0 saturated heterocycles. The number of hydrogen-bond donors (Lipinski definition) is 2. The normalized spacial score (nSPS) is 17.1. The monoisotopic (exact) mass is 458 g/mol. The van der Waals surface area contributed by atoms with E-state index in [2.05, 4.69) is 34.1 Å². The van der Waals surface area contributed by atoms with Crippen molar-refractivity contribution in [2.24, 2.45) is 5.92 Å². The van der Waals surface area contributed by atoms with Gasteiger partial charge in [-0.25, -0.2) is 9.97 Å². The van der Waals surface area contributed by atoms with Crippen LogP contribution in [0, 0.1) is 5.92 Å². The lowest BCUT2D eigenvalue weighted by Gasteiger charge is -2.31. The van der Waals surface area contributed by atoms with Gasteiger partial charge in [0.2, 0.25) is 0 Å². The molecule has 1 atom stereocenters. The third-order valence-electron chi connectivity index (χ3n) is 6.14. The summed E-state index contributed by atoms with van der Waals surface area (Å²) in [6.07, 6.45) is 3.32. The quantitative estimate of drug-likeness (QED) is 0.426. The van der Waals surface area contributed by atoms with Crippen LogP contribution in [0.2, 0.25) is 0 Å². The van der Waals surface area contributed by atoms with Crippen molar-refractivity contribution in [3.63, 3.8) is 0 Å². The van der Waals surface area contributed by atoms with E-state index in [4.69, 9.17) is 5.32 Å². The molecule has 1 heterocycles. The molecule has 2 N–H and O–H groups in total. The van der Waals surface area contributed by atoms with Gasteiger partial charge in [-0.3, -0.25) is 0 Å². The van der Waals surface area contributed by atoms with Crippen LogP contribution in [0.5, 0.6) is 0 Å². The highest BCUT2D eigenvalue weighted by atomic mass is 19.4. The zero-order chi connectivity index (χ0) is 23.4. The van der Waals surface area contributed by atoms with Gasteiger partial charge >= 0.3 is 6.18 Å². The van der Waals surface area contributed by atoms with Crippen molar-refractivity contribution in [3.05, 3.63) is 58.8 Å². The standard InChI is InChI=1S/C25H31F3N5/c1-3-15-29-22(17-13-14-17)30-16(2)31-24-19-10-5-4-6-12-21(19)32-23(33-24)18-9-7-8-11-20(18)25(26,27)28/h7-9,11,17,22,29H,2-6,10,12-15H2,1H3,(H,31,32,33)/q-1. The maximum atomic E-state index is 13.7. The minimum Gasteiger partial charge on any atom is -0.449 e. The number of aromatic nitrogens is 2. The highest BCUT2D eigenvalue weighted by Gasteiger charge is 2.34. The number of benzene rings is 1. The Bertz CT molecular complexity index is 984. The number of alkyl halides is 3. The largest absolute Gasteiger partial charge is 0.449 e. The number of fused-ring (bicyclic) bond motifs is 1. The van der Waals surface area contributed by atoms with Crippen molar-refractivity contribution in [3.8, 4) is 11.4 Å². The van der Waals surface area contributed by atoms with Gasteiger partial charge in [0, 0.05) is 17.4 Å². The Labute approximate surface area is 193 Å². The maximum Gasteiger partial charge on any atom is 0.417 e. The fourth-order valence-electron chi connectivity index (χ4n) is 4.28. The summed E-state index contributed by atoms with van der Waals surface area (Å²) in [6, 6.07) is 5.48. The Morgan fingerprint density at radius 2 is 1.91 bits per heavy atom. The summed E-state index contributed by atoms with van der Waals surface area (Å²) in [5.74, 6) is 1.58. The minimum absolute atomic E-state index is 0.00387. The number of hydrogen-bond acceptors (Lipinski definition) is 4. The minimum atomic E-state index is -4.48. The molecule has 0 spiro atoms. The van der Waals surface area contributed by atoms with E-state index in [9.17, 15) is 13.2 Å². The summed E-state index contributed by atoms with van der Waals surface area (Å²) >= 11 is 0. The molecule has 2 aromatic rings. The zero-order valence-corrected chi connectivity index (χ0v) is 19.0. The first-order valence-electron chi connectivity index (χ1n) is 11.8. The van der Waals surface area contributed by atoms with E-state index in [1.54, 1.807) is 6.07 Å². The fraction of sp³-hybridized carbons (Fsp3) is 0.520. The second-order valence-electron chi connectivity index (χ2n) is 8.86. The van der Waals surface area contributed by atoms with Gasteiger partial charge < -0.3 is 16.0 Å². The van der Waals surface area contributed by atoms with Gasteiger partial charge in [0.05, 0.1) is 11.4 Å². The average Bonchev–Trinajstić information content (AvgIpc) is 3.63. The predicted molar refractivity (Wildman–Crippen MR) is 125 cm³/mol. The van der Waals surface area contributed by atoms with Crippen LogP contribution < -0.4 is 10.6 Å². The molecule has 1 saturated carbocycles. The second kappa shape index (κ2) is 10.1. The SMILES string of the molecule is C=C([N-]C(NCCC)C1CC1)Nc1nc(-c2ccccc2C(F)(F)F)nc2c1CCCCC2. The van der Waals surface area contributed by atoms with E-state index < -0.39 is 11.7 Å². The van der Waals surface area contributed by atoms with Crippen molar-refractivity contribution < 1.29 is 13.2 Å². The average molecular weight is 459 g/mol. The van der Waals surface area contributed by atoms with Gasteiger partial charge in [-0.15, -0.1) is 6.58 Å². The Kier molecular flexibility index (Phi) is 7.22. The second-order valence-corrected chi connectivity index (χ2v) is 8.86. The first kappa shape index (κ1) is 23.5. The molecule has 2 aliphatic carbocycles. The smallest absolute Gasteiger partial charge is 0.417 e. The molecule has 0 bridgehead atoms. The number of nitrogens with zero attached hydrogens (tertiary/aromatic N) is 3. The van der Waals surface area contributed by atoms with Crippen LogP contribution in [0.1, 0.15) is 62.3 Å². The van der Waals surface area contributed by atoms with Crippen molar-refractivity contribution in [2.45, 2.75) is 70.6 Å². The van der Waals surface area contributed by atoms with Crippen LogP contribution in [0.4, 0.5) is 19.0 Å². The topological polar surface area (TPSA) is 63.9 Å². The third-order valence-corrected chi connectivity index (χ3v) is 6.14. The molecule has 1 unspecified atom stereocenters. The van der Waals surface area contributed by atoms with Gasteiger partial charge in [-0.05, 0) is 69.0 Å². The van der Waals surface area contributed by atoms with E-state index in [1.165, 1.54) is 12.1 Å². The molecule has 178 valence electrons. The van der Waals surface area contributed by atoms with Gasteiger partial charge in [0.25, 0.3) is 0 Å². The molecule has 1 aromatic heterocycles.